The Hall–Kier alpha value is -1.58. The molecule has 0 atom stereocenters. The van der Waals surface area contributed by atoms with Crippen LogP contribution >= 0.6 is 7.60 Å². The second kappa shape index (κ2) is 20.3. The van der Waals surface area contributed by atoms with E-state index in [4.69, 9.17) is 30.0 Å². The van der Waals surface area contributed by atoms with E-state index in [-0.39, 0.29) is 6.61 Å². The van der Waals surface area contributed by atoms with Crippen LogP contribution in [-0.4, -0.2) is 55.5 Å². The Morgan fingerprint density at radius 1 is 0.750 bits per heavy atom. The normalized spacial score (nSPS) is 12.1. The summed E-state index contributed by atoms with van der Waals surface area (Å²) in [5, 5.41) is 0. The van der Waals surface area contributed by atoms with E-state index in [1.807, 2.05) is 11.5 Å². The van der Waals surface area contributed by atoms with Crippen LogP contribution in [0.5, 0.6) is 0 Å². The molecule has 0 bridgehead atoms. The van der Waals surface area contributed by atoms with Gasteiger partial charge in [0.2, 0.25) is 0 Å². The molecular weight excluding hydrogens is 529 g/mol. The molecular formula is C29H54N5O5P. The molecule has 0 aromatic carbocycles. The third-order valence-electron chi connectivity index (χ3n) is 7.11. The summed E-state index contributed by atoms with van der Waals surface area (Å²) in [4.78, 5) is 31.7. The molecule has 0 saturated carbocycles. The van der Waals surface area contributed by atoms with E-state index in [0.29, 0.717) is 48.8 Å². The molecule has 0 unspecified atom stereocenters. The fraction of sp³-hybridized carbons (Fsp3) is 0.828. The van der Waals surface area contributed by atoms with Crippen molar-refractivity contribution in [3.05, 3.63) is 11.6 Å². The number of hydrogen-bond acceptors (Lipinski definition) is 7. The van der Waals surface area contributed by atoms with Gasteiger partial charge in [-0.05, 0) is 12.8 Å². The van der Waals surface area contributed by atoms with Crippen molar-refractivity contribution in [3.8, 4) is 0 Å². The number of imidazole rings is 1. The first-order chi connectivity index (χ1) is 19.4. The number of aromatic nitrogens is 4. The van der Waals surface area contributed by atoms with Crippen molar-refractivity contribution >= 4 is 24.6 Å². The number of rotatable bonds is 25. The summed E-state index contributed by atoms with van der Waals surface area (Å²) in [5.74, 6) is 1.77. The molecule has 0 radical (unpaired) electrons. The van der Waals surface area contributed by atoms with Gasteiger partial charge in [-0.3, -0.25) is 4.57 Å². The van der Waals surface area contributed by atoms with Gasteiger partial charge in [-0.25, -0.2) is 15.0 Å². The summed E-state index contributed by atoms with van der Waals surface area (Å²) in [6.45, 7) is 6.22. The van der Waals surface area contributed by atoms with Crippen molar-refractivity contribution < 1.29 is 23.8 Å². The zero-order valence-corrected chi connectivity index (χ0v) is 25.9. The van der Waals surface area contributed by atoms with Gasteiger partial charge in [-0.15, -0.1) is 0 Å². The first kappa shape index (κ1) is 34.6. The highest BCUT2D eigenvalue weighted by Crippen LogP contribution is 2.33. The fourth-order valence-electron chi connectivity index (χ4n) is 4.90. The molecule has 4 N–H and O–H groups in total. The number of nitrogens with two attached hydrogens (primary N) is 1. The Morgan fingerprint density at radius 2 is 1.32 bits per heavy atom. The largest absolute Gasteiger partial charge is 0.382 e. The minimum absolute atomic E-state index is 0.135. The molecule has 11 heteroatoms. The summed E-state index contributed by atoms with van der Waals surface area (Å²) in [7, 11) is -4.20. The van der Waals surface area contributed by atoms with E-state index in [1.54, 1.807) is 0 Å². The monoisotopic (exact) mass is 583 g/mol. The SMILES string of the molecule is CCCCCCCCCCCCCCCCOCCCc1nc(N)c2nc(CC)n(CCOCP(=O)(O)O)c2n1. The van der Waals surface area contributed by atoms with Gasteiger partial charge in [-0.1, -0.05) is 97.3 Å². The highest BCUT2D eigenvalue weighted by molar-refractivity contribution is 7.51. The van der Waals surface area contributed by atoms with E-state index in [2.05, 4.69) is 16.9 Å². The van der Waals surface area contributed by atoms with Gasteiger partial charge in [0.1, 0.15) is 18.0 Å². The highest BCUT2D eigenvalue weighted by Gasteiger charge is 2.17. The molecule has 10 nitrogen and oxygen atoms in total. The Balaban J connectivity index is 1.57. The molecule has 0 saturated heterocycles. The molecule has 0 aliphatic heterocycles. The number of fused-ring (bicyclic) bond motifs is 1. The van der Waals surface area contributed by atoms with E-state index in [9.17, 15) is 4.57 Å². The van der Waals surface area contributed by atoms with Crippen LogP contribution in [0.4, 0.5) is 5.82 Å². The zero-order chi connectivity index (χ0) is 29.1. The lowest BCUT2D eigenvalue weighted by Crippen LogP contribution is -2.11. The first-order valence-electron chi connectivity index (χ1n) is 15.6. The number of nitrogens with zero attached hydrogens (tertiary/aromatic N) is 4. The van der Waals surface area contributed by atoms with Crippen LogP contribution in [0.1, 0.15) is 122 Å². The minimum Gasteiger partial charge on any atom is -0.382 e. The Bertz CT molecular complexity index is 997. The topological polar surface area (TPSA) is 146 Å². The predicted molar refractivity (Wildman–Crippen MR) is 161 cm³/mol. The van der Waals surface area contributed by atoms with Gasteiger partial charge >= 0.3 is 7.60 Å². The minimum atomic E-state index is -4.20. The molecule has 2 rings (SSSR count). The zero-order valence-electron chi connectivity index (χ0n) is 25.0. The lowest BCUT2D eigenvalue weighted by molar-refractivity contribution is 0.127. The predicted octanol–water partition coefficient (Wildman–Crippen LogP) is 6.55. The summed E-state index contributed by atoms with van der Waals surface area (Å²) < 4.78 is 23.9. The summed E-state index contributed by atoms with van der Waals surface area (Å²) in [5.41, 5.74) is 7.36. The lowest BCUT2D eigenvalue weighted by atomic mass is 10.0. The number of unbranched alkanes of at least 4 members (excludes halogenated alkanes) is 13. The third-order valence-corrected chi connectivity index (χ3v) is 7.63. The molecule has 2 aromatic heterocycles. The van der Waals surface area contributed by atoms with Gasteiger partial charge in [0, 0.05) is 32.6 Å². The summed E-state index contributed by atoms with van der Waals surface area (Å²) >= 11 is 0. The second-order valence-corrected chi connectivity index (χ2v) is 12.3. The fourth-order valence-corrected chi connectivity index (χ4v) is 5.27. The Kier molecular flexibility index (Phi) is 17.6. The van der Waals surface area contributed by atoms with Gasteiger partial charge in [0.05, 0.1) is 6.61 Å². The van der Waals surface area contributed by atoms with Gasteiger partial charge < -0.3 is 29.6 Å². The maximum absolute atomic E-state index is 11.0. The quantitative estimate of drug-likeness (QED) is 0.0874. The molecule has 230 valence electrons. The average molecular weight is 584 g/mol. The number of ether oxygens (including phenoxy) is 2. The van der Waals surface area contributed by atoms with Crippen molar-refractivity contribution in [2.24, 2.45) is 0 Å². The van der Waals surface area contributed by atoms with E-state index in [1.165, 1.54) is 83.5 Å². The van der Waals surface area contributed by atoms with Gasteiger partial charge in [0.15, 0.2) is 17.0 Å². The molecule has 0 aliphatic rings. The van der Waals surface area contributed by atoms with Crippen LogP contribution in [0.15, 0.2) is 0 Å². The van der Waals surface area contributed by atoms with Crippen LogP contribution in [0.2, 0.25) is 0 Å². The third kappa shape index (κ3) is 14.4. The van der Waals surface area contributed by atoms with Crippen molar-refractivity contribution in [2.45, 2.75) is 130 Å². The van der Waals surface area contributed by atoms with Crippen molar-refractivity contribution in [1.29, 1.82) is 0 Å². The van der Waals surface area contributed by atoms with Crippen LogP contribution in [0.3, 0.4) is 0 Å². The smallest absolute Gasteiger partial charge is 0.350 e. The Labute approximate surface area is 241 Å². The average Bonchev–Trinajstić information content (AvgIpc) is 3.28. The number of hydrogen-bond donors (Lipinski definition) is 3. The van der Waals surface area contributed by atoms with Crippen molar-refractivity contribution in [1.82, 2.24) is 19.5 Å². The van der Waals surface area contributed by atoms with Crippen molar-refractivity contribution in [3.63, 3.8) is 0 Å². The Morgan fingerprint density at radius 3 is 1.90 bits per heavy atom. The standard InChI is InChI=1S/C29H54N5O5P/c1-3-5-6-7-8-9-10-11-12-13-14-15-16-17-21-38-22-18-19-25-31-28(30)27-29(32-25)34(26(4-2)33-27)20-23-39-24-40(35,36)37/h3-24H2,1-2H3,(H2,30,31,32)(H2,35,36,37). The molecule has 0 aliphatic carbocycles. The van der Waals surface area contributed by atoms with Crippen LogP contribution < -0.4 is 5.73 Å². The maximum Gasteiger partial charge on any atom is 0.350 e. The van der Waals surface area contributed by atoms with Crippen LogP contribution in [-0.2, 0) is 33.4 Å². The van der Waals surface area contributed by atoms with Gasteiger partial charge in [0.25, 0.3) is 0 Å². The molecule has 2 aromatic rings. The summed E-state index contributed by atoms with van der Waals surface area (Å²) in [6.07, 6.45) is 20.4. The molecule has 0 amide bonds. The second-order valence-electron chi connectivity index (χ2n) is 10.7. The lowest BCUT2D eigenvalue weighted by Gasteiger charge is -2.10. The van der Waals surface area contributed by atoms with E-state index in [0.717, 1.165) is 25.3 Å². The van der Waals surface area contributed by atoms with E-state index < -0.39 is 13.9 Å². The number of anilines is 1. The molecule has 0 fully saturated rings. The van der Waals surface area contributed by atoms with Crippen LogP contribution in [0.25, 0.3) is 11.2 Å². The highest BCUT2D eigenvalue weighted by atomic mass is 31.2. The molecule has 0 spiro atoms. The van der Waals surface area contributed by atoms with Crippen molar-refractivity contribution in [2.75, 3.05) is 31.9 Å². The first-order valence-corrected chi connectivity index (χ1v) is 17.4. The molecule has 40 heavy (non-hydrogen) atoms. The maximum atomic E-state index is 11.0. The summed E-state index contributed by atoms with van der Waals surface area (Å²) in [6, 6.07) is 0. The van der Waals surface area contributed by atoms with Gasteiger partial charge in [-0.2, -0.15) is 0 Å². The van der Waals surface area contributed by atoms with E-state index >= 15 is 0 Å². The number of nitrogen functional groups attached to an aromatic ring is 1. The van der Waals surface area contributed by atoms with Crippen LogP contribution in [0, 0.1) is 0 Å². The molecule has 2 heterocycles. The number of aryl methyl sites for hydroxylation is 2.